The Hall–Kier alpha value is -2.21. The Balaban J connectivity index is 2.08. The maximum absolute atomic E-state index is 14.8. The van der Waals surface area contributed by atoms with E-state index in [1.807, 2.05) is 0 Å². The number of aliphatic imine (C=N–C) groups is 1. The molecule has 3 heterocycles. The molecular weight excluding hydrogens is 446 g/mol. The molecule has 0 fully saturated rings. The van der Waals surface area contributed by atoms with Crippen molar-refractivity contribution < 1.29 is 30.7 Å². The first-order chi connectivity index (χ1) is 13.7. The normalized spacial score (nSPS) is 26.3. The van der Waals surface area contributed by atoms with Gasteiger partial charge in [-0.3, -0.25) is 9.98 Å². The van der Waals surface area contributed by atoms with Gasteiger partial charge >= 0.3 is 6.18 Å². The second-order valence-electron chi connectivity index (χ2n) is 7.45. The lowest BCUT2D eigenvalue weighted by atomic mass is 9.99. The molecule has 0 aromatic carbocycles. The molecule has 0 bridgehead atoms. The van der Waals surface area contributed by atoms with Crippen molar-refractivity contribution in [3.63, 3.8) is 0 Å². The molecule has 0 spiro atoms. The number of hydrogen-bond acceptors (Lipinski definition) is 7. The number of alkyl halides is 3. The predicted molar refractivity (Wildman–Crippen MR) is 106 cm³/mol. The molecule has 2 aromatic rings. The average molecular weight is 465 g/mol. The van der Waals surface area contributed by atoms with Crippen molar-refractivity contribution in [1.29, 1.82) is 0 Å². The molecule has 0 amide bonds. The second-order valence-corrected chi connectivity index (χ2v) is 10.9. The highest BCUT2D eigenvalue weighted by Gasteiger charge is 2.56. The van der Waals surface area contributed by atoms with Gasteiger partial charge < -0.3 is 10.5 Å². The van der Waals surface area contributed by atoms with Gasteiger partial charge in [-0.1, -0.05) is 0 Å². The van der Waals surface area contributed by atoms with Crippen LogP contribution in [-0.2, 0) is 15.4 Å². The Morgan fingerprint density at radius 2 is 1.93 bits per heavy atom. The highest BCUT2D eigenvalue weighted by Crippen LogP contribution is 2.45. The number of ether oxygens (including phenoxy) is 1. The van der Waals surface area contributed by atoms with Crippen LogP contribution in [0.25, 0.3) is 10.4 Å². The Labute approximate surface area is 174 Å². The summed E-state index contributed by atoms with van der Waals surface area (Å²) in [6.45, 7) is 2.24. The van der Waals surface area contributed by atoms with Gasteiger partial charge in [-0.25, -0.2) is 12.8 Å². The lowest BCUT2D eigenvalue weighted by molar-refractivity contribution is -0.137. The highest BCUT2D eigenvalue weighted by atomic mass is 32.2. The molecule has 0 saturated carbocycles. The van der Waals surface area contributed by atoms with E-state index in [4.69, 9.17) is 10.5 Å². The third-order valence-corrected chi connectivity index (χ3v) is 9.09. The molecule has 1 aliphatic rings. The third kappa shape index (κ3) is 3.89. The smallest absolute Gasteiger partial charge is 0.391 e. The Bertz CT molecular complexity index is 1110. The van der Waals surface area contributed by atoms with E-state index in [0.29, 0.717) is 16.2 Å². The molecule has 2 atom stereocenters. The molecule has 0 aliphatic carbocycles. The fourth-order valence-corrected chi connectivity index (χ4v) is 6.56. The van der Waals surface area contributed by atoms with Gasteiger partial charge in [0.25, 0.3) is 0 Å². The number of hydrogen-bond donors (Lipinski definition) is 1. The number of aromatic nitrogens is 1. The first-order valence-corrected chi connectivity index (χ1v) is 11.1. The number of pyridine rings is 1. The summed E-state index contributed by atoms with van der Waals surface area (Å²) in [7, 11) is -2.96. The first kappa shape index (κ1) is 22.5. The summed E-state index contributed by atoms with van der Waals surface area (Å²) < 4.78 is 82.2. The van der Waals surface area contributed by atoms with Gasteiger partial charge in [0.05, 0.1) is 30.4 Å². The minimum Gasteiger partial charge on any atom is -0.495 e. The largest absolute Gasteiger partial charge is 0.495 e. The van der Waals surface area contributed by atoms with Crippen LogP contribution >= 0.6 is 11.3 Å². The van der Waals surface area contributed by atoms with Gasteiger partial charge in [0.15, 0.2) is 9.84 Å². The number of sulfone groups is 1. The molecular formula is C18H19F4N3O3S2. The molecule has 3 rings (SSSR count). The van der Waals surface area contributed by atoms with Crippen molar-refractivity contribution in [2.75, 3.05) is 12.9 Å². The summed E-state index contributed by atoms with van der Waals surface area (Å²) in [5, 5.41) is 0. The number of rotatable bonds is 4. The summed E-state index contributed by atoms with van der Waals surface area (Å²) in [6.07, 6.45) is -3.48. The fraction of sp³-hybridized carbons (Fsp3) is 0.444. The van der Waals surface area contributed by atoms with Crippen LogP contribution in [0.5, 0.6) is 5.75 Å². The Morgan fingerprint density at radius 3 is 2.50 bits per heavy atom. The zero-order valence-electron chi connectivity index (χ0n) is 16.2. The average Bonchev–Trinajstić information content (AvgIpc) is 3.01. The standard InChI is InChI=1S/C18H19F4N3O3S2/c1-16(9-30(26,27)17(2,15(23)25-16)8-18(20,21)22)14-12(19)5-13(29-14)10-4-11(28-3)7-24-6-10/h4-7H,8-9H2,1-3H3,(H2,23,25)/t16-,17?/m0/s1. The van der Waals surface area contributed by atoms with Crippen LogP contribution in [0.4, 0.5) is 17.6 Å². The number of halogens is 4. The van der Waals surface area contributed by atoms with Crippen LogP contribution < -0.4 is 10.5 Å². The minimum atomic E-state index is -4.77. The van der Waals surface area contributed by atoms with Crippen molar-refractivity contribution in [3.05, 3.63) is 35.2 Å². The lowest BCUT2D eigenvalue weighted by Crippen LogP contribution is -2.58. The first-order valence-electron chi connectivity index (χ1n) is 8.65. The van der Waals surface area contributed by atoms with Gasteiger partial charge in [0.2, 0.25) is 0 Å². The van der Waals surface area contributed by atoms with Crippen molar-refractivity contribution in [2.45, 2.75) is 36.7 Å². The van der Waals surface area contributed by atoms with Crippen LogP contribution in [-0.4, -0.2) is 43.0 Å². The summed E-state index contributed by atoms with van der Waals surface area (Å²) in [4.78, 5) is 8.46. The Morgan fingerprint density at radius 1 is 1.27 bits per heavy atom. The molecule has 164 valence electrons. The molecule has 6 nitrogen and oxygen atoms in total. The van der Waals surface area contributed by atoms with E-state index in [0.717, 1.165) is 18.3 Å². The third-order valence-electron chi connectivity index (χ3n) is 5.01. The van der Waals surface area contributed by atoms with Gasteiger partial charge in [0.1, 0.15) is 27.7 Å². The minimum absolute atomic E-state index is 0.0408. The maximum atomic E-state index is 14.8. The molecule has 30 heavy (non-hydrogen) atoms. The molecule has 2 aromatic heterocycles. The van der Waals surface area contributed by atoms with E-state index in [1.54, 1.807) is 6.07 Å². The second kappa shape index (κ2) is 7.19. The van der Waals surface area contributed by atoms with E-state index in [2.05, 4.69) is 9.98 Å². The number of nitrogens with zero attached hydrogens (tertiary/aromatic N) is 2. The molecule has 0 saturated heterocycles. The number of thiophene rings is 1. The van der Waals surface area contributed by atoms with E-state index in [9.17, 15) is 26.0 Å². The van der Waals surface area contributed by atoms with Crippen molar-refractivity contribution >= 4 is 27.0 Å². The van der Waals surface area contributed by atoms with Crippen LogP contribution in [0.15, 0.2) is 29.5 Å². The van der Waals surface area contributed by atoms with E-state index >= 15 is 0 Å². The van der Waals surface area contributed by atoms with Gasteiger partial charge in [-0.2, -0.15) is 13.2 Å². The van der Waals surface area contributed by atoms with Crippen molar-refractivity contribution in [3.8, 4) is 16.2 Å². The lowest BCUT2D eigenvalue weighted by Gasteiger charge is -2.39. The number of amidine groups is 1. The number of nitrogens with two attached hydrogens (primary N) is 1. The van der Waals surface area contributed by atoms with E-state index < -0.39 is 50.1 Å². The summed E-state index contributed by atoms with van der Waals surface area (Å²) in [6, 6.07) is 2.82. The molecule has 0 radical (unpaired) electrons. The van der Waals surface area contributed by atoms with Crippen LogP contribution in [0, 0.1) is 5.82 Å². The Kier molecular flexibility index (Phi) is 5.38. The summed E-state index contributed by atoms with van der Waals surface area (Å²) in [5.74, 6) is -1.78. The van der Waals surface area contributed by atoms with Gasteiger partial charge in [-0.05, 0) is 26.0 Å². The zero-order valence-corrected chi connectivity index (χ0v) is 17.9. The quantitative estimate of drug-likeness (QED) is 0.696. The van der Waals surface area contributed by atoms with Crippen LogP contribution in [0.3, 0.4) is 0 Å². The maximum Gasteiger partial charge on any atom is 0.391 e. The van der Waals surface area contributed by atoms with E-state index in [1.165, 1.54) is 32.5 Å². The summed E-state index contributed by atoms with van der Waals surface area (Å²) >= 11 is 0.933. The van der Waals surface area contributed by atoms with E-state index in [-0.39, 0.29) is 4.88 Å². The van der Waals surface area contributed by atoms with Crippen molar-refractivity contribution in [1.82, 2.24) is 4.98 Å². The van der Waals surface area contributed by atoms with Crippen LogP contribution in [0.2, 0.25) is 0 Å². The SMILES string of the molecule is COc1cncc(-c2cc(F)c([C@]3(C)CS(=O)(=O)C(C)(CC(F)(F)F)C(N)=N3)s2)c1. The predicted octanol–water partition coefficient (Wildman–Crippen LogP) is 3.67. The summed E-state index contributed by atoms with van der Waals surface area (Å²) in [5.41, 5.74) is 4.61. The fourth-order valence-electron chi connectivity index (χ4n) is 3.35. The van der Waals surface area contributed by atoms with Gasteiger partial charge in [-0.15, -0.1) is 11.3 Å². The zero-order chi connectivity index (χ0) is 22.5. The monoisotopic (exact) mass is 465 g/mol. The molecule has 2 N–H and O–H groups in total. The van der Waals surface area contributed by atoms with Crippen molar-refractivity contribution in [2.24, 2.45) is 10.7 Å². The highest BCUT2D eigenvalue weighted by molar-refractivity contribution is 7.93. The molecule has 12 heteroatoms. The topological polar surface area (TPSA) is 94.6 Å². The van der Waals surface area contributed by atoms with Crippen LogP contribution in [0.1, 0.15) is 25.1 Å². The number of methoxy groups -OCH3 is 1. The molecule has 1 aliphatic heterocycles. The van der Waals surface area contributed by atoms with Gasteiger partial charge in [0, 0.05) is 16.6 Å². The molecule has 1 unspecified atom stereocenters.